The lowest BCUT2D eigenvalue weighted by Crippen LogP contribution is -2.88. The topological polar surface area (TPSA) is 46.2 Å². The van der Waals surface area contributed by atoms with Gasteiger partial charge in [0.25, 0.3) is 0 Å². The van der Waals surface area contributed by atoms with Crippen molar-refractivity contribution in [1.29, 1.82) is 0 Å². The van der Waals surface area contributed by atoms with Crippen LogP contribution in [-0.2, 0) is 9.53 Å². The lowest BCUT2D eigenvalue weighted by atomic mass is 9.98. The molecule has 80 valence electrons. The van der Waals surface area contributed by atoms with Crippen LogP contribution in [0.1, 0.15) is 12.8 Å². The first-order valence-electron chi connectivity index (χ1n) is 5.56. The SMILES string of the molecule is O=C([C@H]1CCC[NH2+]C1)N1CCOCC1. The number of piperidine rings is 1. The second kappa shape index (κ2) is 4.75. The molecule has 1 atom stereocenters. The molecule has 0 spiro atoms. The Morgan fingerprint density at radius 2 is 2.14 bits per heavy atom. The average molecular weight is 199 g/mol. The molecule has 2 N–H and O–H groups in total. The Hall–Kier alpha value is -0.610. The minimum atomic E-state index is 0.266. The number of quaternary nitrogens is 1. The van der Waals surface area contributed by atoms with E-state index in [0.717, 1.165) is 26.1 Å². The molecule has 2 rings (SSSR count). The van der Waals surface area contributed by atoms with Crippen LogP contribution in [0.4, 0.5) is 0 Å². The molecule has 2 aliphatic rings. The Balaban J connectivity index is 1.85. The molecule has 0 aromatic carbocycles. The molecule has 2 aliphatic heterocycles. The van der Waals surface area contributed by atoms with E-state index in [1.165, 1.54) is 13.0 Å². The first-order valence-corrected chi connectivity index (χ1v) is 5.56. The summed E-state index contributed by atoms with van der Waals surface area (Å²) in [6, 6.07) is 0. The fourth-order valence-corrected chi connectivity index (χ4v) is 2.21. The predicted molar refractivity (Wildman–Crippen MR) is 51.8 cm³/mol. The summed E-state index contributed by atoms with van der Waals surface area (Å²) in [6.45, 7) is 5.16. The molecule has 0 bridgehead atoms. The highest BCUT2D eigenvalue weighted by Gasteiger charge is 2.28. The number of nitrogens with two attached hydrogens (primary N) is 1. The first-order chi connectivity index (χ1) is 6.88. The van der Waals surface area contributed by atoms with Gasteiger partial charge in [0.15, 0.2) is 0 Å². The van der Waals surface area contributed by atoms with E-state index in [1.807, 2.05) is 4.90 Å². The van der Waals surface area contributed by atoms with Gasteiger partial charge in [0, 0.05) is 13.1 Å². The molecule has 4 nitrogen and oxygen atoms in total. The van der Waals surface area contributed by atoms with E-state index in [0.29, 0.717) is 19.1 Å². The molecule has 0 aromatic rings. The molecule has 0 saturated carbocycles. The van der Waals surface area contributed by atoms with E-state index in [9.17, 15) is 4.79 Å². The molecular formula is C10H19N2O2+. The van der Waals surface area contributed by atoms with Gasteiger partial charge in [-0.25, -0.2) is 0 Å². The summed E-state index contributed by atoms with van der Waals surface area (Å²) >= 11 is 0. The molecule has 2 saturated heterocycles. The smallest absolute Gasteiger partial charge is 0.231 e. The second-order valence-electron chi connectivity index (χ2n) is 4.09. The number of amides is 1. The number of rotatable bonds is 1. The summed E-state index contributed by atoms with van der Waals surface area (Å²) in [6.07, 6.45) is 2.26. The van der Waals surface area contributed by atoms with Gasteiger partial charge in [-0.3, -0.25) is 4.79 Å². The van der Waals surface area contributed by atoms with Crippen LogP contribution in [0, 0.1) is 5.92 Å². The number of hydrogen-bond donors (Lipinski definition) is 1. The Morgan fingerprint density at radius 3 is 2.79 bits per heavy atom. The summed E-state index contributed by atoms with van der Waals surface area (Å²) in [7, 11) is 0. The first kappa shape index (κ1) is 9.93. The van der Waals surface area contributed by atoms with Crippen LogP contribution in [0.15, 0.2) is 0 Å². The van der Waals surface area contributed by atoms with Gasteiger partial charge in [-0.15, -0.1) is 0 Å². The van der Waals surface area contributed by atoms with E-state index >= 15 is 0 Å². The molecule has 1 amide bonds. The highest BCUT2D eigenvalue weighted by molar-refractivity contribution is 5.79. The minimum Gasteiger partial charge on any atom is -0.378 e. The van der Waals surface area contributed by atoms with Crippen molar-refractivity contribution in [3.63, 3.8) is 0 Å². The second-order valence-corrected chi connectivity index (χ2v) is 4.09. The lowest BCUT2D eigenvalue weighted by molar-refractivity contribution is -0.666. The van der Waals surface area contributed by atoms with Crippen molar-refractivity contribution in [2.75, 3.05) is 39.4 Å². The Labute approximate surface area is 84.6 Å². The van der Waals surface area contributed by atoms with Gasteiger partial charge in [-0.1, -0.05) is 0 Å². The number of ether oxygens (including phenoxy) is 1. The summed E-state index contributed by atoms with van der Waals surface area (Å²) in [5.41, 5.74) is 0. The summed E-state index contributed by atoms with van der Waals surface area (Å²) in [5.74, 6) is 0.617. The van der Waals surface area contributed by atoms with E-state index in [2.05, 4.69) is 5.32 Å². The Bertz CT molecular complexity index is 176. The van der Waals surface area contributed by atoms with Crippen molar-refractivity contribution in [1.82, 2.24) is 4.90 Å². The molecule has 0 unspecified atom stereocenters. The number of nitrogens with zero attached hydrogens (tertiary/aromatic N) is 1. The van der Waals surface area contributed by atoms with Crippen LogP contribution in [0.5, 0.6) is 0 Å². The van der Waals surface area contributed by atoms with Crippen LogP contribution in [0.2, 0.25) is 0 Å². The van der Waals surface area contributed by atoms with Gasteiger partial charge in [-0.05, 0) is 12.8 Å². The molecule has 2 fully saturated rings. The predicted octanol–water partition coefficient (Wildman–Crippen LogP) is -1.18. The normalized spacial score (nSPS) is 28.9. The maximum absolute atomic E-state index is 12.0. The van der Waals surface area contributed by atoms with Crippen molar-refractivity contribution < 1.29 is 14.8 Å². The largest absolute Gasteiger partial charge is 0.378 e. The van der Waals surface area contributed by atoms with Crippen molar-refractivity contribution in [2.24, 2.45) is 5.92 Å². The van der Waals surface area contributed by atoms with Crippen LogP contribution in [-0.4, -0.2) is 50.2 Å². The van der Waals surface area contributed by atoms with Gasteiger partial charge < -0.3 is 15.0 Å². The number of morpholine rings is 1. The molecule has 14 heavy (non-hydrogen) atoms. The van der Waals surface area contributed by atoms with Crippen LogP contribution < -0.4 is 5.32 Å². The van der Waals surface area contributed by atoms with E-state index in [1.54, 1.807) is 0 Å². The third-order valence-electron chi connectivity index (χ3n) is 3.08. The Morgan fingerprint density at radius 1 is 1.36 bits per heavy atom. The van der Waals surface area contributed by atoms with Crippen LogP contribution in [0.3, 0.4) is 0 Å². The standard InChI is InChI=1S/C10H18N2O2/c13-10(9-2-1-3-11-8-9)12-4-6-14-7-5-12/h9,11H,1-8H2/p+1/t9-/m0/s1. The van der Waals surface area contributed by atoms with Gasteiger partial charge in [-0.2, -0.15) is 0 Å². The number of carbonyl (C=O) groups is 1. The fraction of sp³-hybridized carbons (Fsp3) is 0.900. The third-order valence-corrected chi connectivity index (χ3v) is 3.08. The van der Waals surface area contributed by atoms with Gasteiger partial charge in [0.2, 0.25) is 5.91 Å². The van der Waals surface area contributed by atoms with Crippen LogP contribution >= 0.6 is 0 Å². The van der Waals surface area contributed by atoms with E-state index in [4.69, 9.17) is 4.74 Å². The molecule has 4 heteroatoms. The molecular weight excluding hydrogens is 180 g/mol. The maximum Gasteiger partial charge on any atom is 0.231 e. The van der Waals surface area contributed by atoms with Crippen molar-refractivity contribution >= 4 is 5.91 Å². The monoisotopic (exact) mass is 199 g/mol. The highest BCUT2D eigenvalue weighted by atomic mass is 16.5. The zero-order chi connectivity index (χ0) is 9.80. The lowest BCUT2D eigenvalue weighted by Gasteiger charge is -2.31. The van der Waals surface area contributed by atoms with E-state index in [-0.39, 0.29) is 5.92 Å². The summed E-state index contributed by atoms with van der Waals surface area (Å²) in [5, 5.41) is 2.26. The zero-order valence-electron chi connectivity index (χ0n) is 8.58. The summed E-state index contributed by atoms with van der Waals surface area (Å²) < 4.78 is 5.24. The fourth-order valence-electron chi connectivity index (χ4n) is 2.21. The Kier molecular flexibility index (Phi) is 3.37. The maximum atomic E-state index is 12.0. The van der Waals surface area contributed by atoms with Gasteiger partial charge >= 0.3 is 0 Å². The molecule has 2 heterocycles. The van der Waals surface area contributed by atoms with Crippen molar-refractivity contribution in [3.05, 3.63) is 0 Å². The average Bonchev–Trinajstić information content (AvgIpc) is 2.30. The van der Waals surface area contributed by atoms with Crippen molar-refractivity contribution in [3.8, 4) is 0 Å². The zero-order valence-corrected chi connectivity index (χ0v) is 8.58. The molecule has 0 aromatic heterocycles. The van der Waals surface area contributed by atoms with Gasteiger partial charge in [0.05, 0.1) is 32.2 Å². The van der Waals surface area contributed by atoms with Crippen molar-refractivity contribution in [2.45, 2.75) is 12.8 Å². The highest BCUT2D eigenvalue weighted by Crippen LogP contribution is 2.11. The number of hydrogen-bond acceptors (Lipinski definition) is 2. The van der Waals surface area contributed by atoms with E-state index < -0.39 is 0 Å². The van der Waals surface area contributed by atoms with Gasteiger partial charge in [0.1, 0.15) is 0 Å². The summed E-state index contributed by atoms with van der Waals surface area (Å²) in [4.78, 5) is 14.0. The molecule has 0 aliphatic carbocycles. The molecule has 0 radical (unpaired) electrons. The minimum absolute atomic E-state index is 0.266. The van der Waals surface area contributed by atoms with Crippen LogP contribution in [0.25, 0.3) is 0 Å². The third kappa shape index (κ3) is 2.25. The number of carbonyl (C=O) groups excluding carboxylic acids is 1. The quantitative estimate of drug-likeness (QED) is 0.578.